The van der Waals surface area contributed by atoms with Crippen molar-refractivity contribution >= 4 is 69.2 Å². The van der Waals surface area contributed by atoms with Crippen LogP contribution in [-0.2, 0) is 10.1 Å². The quantitative estimate of drug-likeness (QED) is 0.667. The molecule has 0 aromatic heterocycles. The fourth-order valence-electron chi connectivity index (χ4n) is 1.55. The summed E-state index contributed by atoms with van der Waals surface area (Å²) < 4.78 is 31.5. The van der Waals surface area contributed by atoms with Gasteiger partial charge in [0.25, 0.3) is 10.1 Å². The van der Waals surface area contributed by atoms with Gasteiger partial charge in [0.15, 0.2) is 0 Å². The van der Waals surface area contributed by atoms with Gasteiger partial charge >= 0.3 is 59.1 Å². The normalized spacial score (nSPS) is 10.1. The van der Waals surface area contributed by atoms with E-state index in [0.29, 0.717) is 5.56 Å². The molecular weight excluding hydrogens is 270 g/mol. The molecule has 2 rings (SSSR count). The van der Waals surface area contributed by atoms with E-state index in [1.807, 2.05) is 18.2 Å². The third-order valence-corrected chi connectivity index (χ3v) is 3.16. The van der Waals surface area contributed by atoms with Crippen LogP contribution in [0.5, 0.6) is 0 Å². The standard InChI is InChI=1S/C12H10O3S.2Na.2H/c13-16(14,15)12-9-5-4-8-11(12)10-6-2-1-3-7-10;;;;/h1-9H,(H,13,14,15);;;;. The zero-order chi connectivity index (χ0) is 11.6. The number of rotatable bonds is 2. The van der Waals surface area contributed by atoms with Crippen molar-refractivity contribution in [1.82, 2.24) is 0 Å². The van der Waals surface area contributed by atoms with Gasteiger partial charge in [0, 0.05) is 5.56 Å². The molecule has 0 saturated carbocycles. The molecular formula is C12H12Na2O3S. The first-order valence-corrected chi connectivity index (χ1v) is 6.15. The summed E-state index contributed by atoms with van der Waals surface area (Å²) in [6.07, 6.45) is 0. The van der Waals surface area contributed by atoms with E-state index in [2.05, 4.69) is 0 Å². The van der Waals surface area contributed by atoms with Crippen molar-refractivity contribution in [2.45, 2.75) is 4.90 Å². The van der Waals surface area contributed by atoms with Crippen molar-refractivity contribution in [2.24, 2.45) is 0 Å². The van der Waals surface area contributed by atoms with Gasteiger partial charge in [0.2, 0.25) is 0 Å². The van der Waals surface area contributed by atoms with Crippen molar-refractivity contribution in [3.8, 4) is 11.1 Å². The van der Waals surface area contributed by atoms with Gasteiger partial charge in [-0.3, -0.25) is 4.55 Å². The summed E-state index contributed by atoms with van der Waals surface area (Å²) in [6.45, 7) is 0. The van der Waals surface area contributed by atoms with E-state index < -0.39 is 10.1 Å². The molecule has 0 radical (unpaired) electrons. The first-order valence-electron chi connectivity index (χ1n) is 4.71. The minimum atomic E-state index is -4.18. The van der Waals surface area contributed by atoms with E-state index in [1.165, 1.54) is 6.07 Å². The molecule has 0 bridgehead atoms. The molecule has 2 aromatic rings. The number of hydrogen-bond acceptors (Lipinski definition) is 2. The molecule has 3 nitrogen and oxygen atoms in total. The molecule has 86 valence electrons. The van der Waals surface area contributed by atoms with Gasteiger partial charge in [-0.15, -0.1) is 0 Å². The Kier molecular flexibility index (Phi) is 7.97. The van der Waals surface area contributed by atoms with E-state index in [9.17, 15) is 8.42 Å². The summed E-state index contributed by atoms with van der Waals surface area (Å²) >= 11 is 0. The predicted molar refractivity (Wildman–Crippen MR) is 76.0 cm³/mol. The zero-order valence-electron chi connectivity index (χ0n) is 8.37. The van der Waals surface area contributed by atoms with Gasteiger partial charge in [-0.25, -0.2) is 0 Å². The molecule has 0 spiro atoms. The summed E-state index contributed by atoms with van der Waals surface area (Å²) in [5.41, 5.74) is 1.27. The third kappa shape index (κ3) is 4.47. The van der Waals surface area contributed by atoms with Crippen LogP contribution < -0.4 is 0 Å². The number of hydrogen-bond donors (Lipinski definition) is 1. The molecule has 0 atom stereocenters. The van der Waals surface area contributed by atoms with E-state index in [0.717, 1.165) is 5.56 Å². The molecule has 2 aromatic carbocycles. The van der Waals surface area contributed by atoms with Crippen molar-refractivity contribution in [2.75, 3.05) is 0 Å². The monoisotopic (exact) mass is 282 g/mol. The Bertz CT molecular complexity index is 598. The summed E-state index contributed by atoms with van der Waals surface area (Å²) in [7, 11) is -4.18. The topological polar surface area (TPSA) is 54.4 Å². The molecule has 0 fully saturated rings. The fraction of sp³-hybridized carbons (Fsp3) is 0. The zero-order valence-corrected chi connectivity index (χ0v) is 9.18. The fourth-order valence-corrected chi connectivity index (χ4v) is 2.26. The van der Waals surface area contributed by atoms with Crippen molar-refractivity contribution < 1.29 is 13.0 Å². The van der Waals surface area contributed by atoms with Crippen LogP contribution in [-0.4, -0.2) is 72.1 Å². The Balaban J connectivity index is 0.00000144. The molecule has 0 heterocycles. The number of benzene rings is 2. The molecule has 1 N–H and O–H groups in total. The third-order valence-electron chi connectivity index (χ3n) is 2.25. The molecule has 0 aliphatic heterocycles. The average molecular weight is 282 g/mol. The van der Waals surface area contributed by atoms with Gasteiger partial charge in [-0.1, -0.05) is 48.5 Å². The first kappa shape index (κ1) is 18.4. The molecule has 0 unspecified atom stereocenters. The van der Waals surface area contributed by atoms with Gasteiger partial charge in [-0.05, 0) is 11.6 Å². The van der Waals surface area contributed by atoms with Crippen LogP contribution in [0.2, 0.25) is 0 Å². The molecule has 0 aliphatic carbocycles. The van der Waals surface area contributed by atoms with Crippen LogP contribution in [0.4, 0.5) is 0 Å². The van der Waals surface area contributed by atoms with Gasteiger partial charge < -0.3 is 0 Å². The summed E-state index contributed by atoms with van der Waals surface area (Å²) in [4.78, 5) is -0.0683. The summed E-state index contributed by atoms with van der Waals surface area (Å²) in [5.74, 6) is 0. The second-order valence-electron chi connectivity index (χ2n) is 3.34. The summed E-state index contributed by atoms with van der Waals surface area (Å²) in [5, 5.41) is 0. The van der Waals surface area contributed by atoms with Gasteiger partial charge in [0.05, 0.1) is 0 Å². The Labute approximate surface area is 151 Å². The van der Waals surface area contributed by atoms with Crippen LogP contribution in [0.15, 0.2) is 59.5 Å². The molecule has 0 aliphatic rings. The molecule has 18 heavy (non-hydrogen) atoms. The van der Waals surface area contributed by atoms with E-state index in [-0.39, 0.29) is 64.0 Å². The van der Waals surface area contributed by atoms with E-state index >= 15 is 0 Å². The Morgan fingerprint density at radius 2 is 1.28 bits per heavy atom. The van der Waals surface area contributed by atoms with Crippen LogP contribution in [0, 0.1) is 0 Å². The van der Waals surface area contributed by atoms with Crippen LogP contribution in [0.25, 0.3) is 11.1 Å². The average Bonchev–Trinajstić information content (AvgIpc) is 2.29. The summed E-state index contributed by atoms with van der Waals surface area (Å²) in [6, 6.07) is 15.4. The first-order chi connectivity index (χ1) is 7.59. The molecule has 0 amide bonds. The van der Waals surface area contributed by atoms with E-state index in [1.54, 1.807) is 30.3 Å². The maximum absolute atomic E-state index is 11.2. The van der Waals surface area contributed by atoms with Crippen LogP contribution in [0.1, 0.15) is 0 Å². The minimum absolute atomic E-state index is 0. The van der Waals surface area contributed by atoms with E-state index in [4.69, 9.17) is 4.55 Å². The maximum atomic E-state index is 11.2. The van der Waals surface area contributed by atoms with Crippen LogP contribution in [0.3, 0.4) is 0 Å². The second kappa shape index (κ2) is 7.82. The Morgan fingerprint density at radius 1 is 0.778 bits per heavy atom. The van der Waals surface area contributed by atoms with Crippen molar-refractivity contribution in [1.29, 1.82) is 0 Å². The second-order valence-corrected chi connectivity index (χ2v) is 4.73. The van der Waals surface area contributed by atoms with Crippen LogP contribution >= 0.6 is 0 Å². The molecule has 0 saturated heterocycles. The predicted octanol–water partition coefficient (Wildman–Crippen LogP) is 1.30. The Morgan fingerprint density at radius 3 is 1.83 bits per heavy atom. The van der Waals surface area contributed by atoms with Crippen molar-refractivity contribution in [3.05, 3.63) is 54.6 Å². The SMILES string of the molecule is O=S(=O)(O)c1ccccc1-c1ccccc1.[NaH].[NaH]. The molecule has 6 heteroatoms. The van der Waals surface area contributed by atoms with Crippen molar-refractivity contribution in [3.63, 3.8) is 0 Å². The van der Waals surface area contributed by atoms with Gasteiger partial charge in [0.1, 0.15) is 4.90 Å². The van der Waals surface area contributed by atoms with Gasteiger partial charge in [-0.2, -0.15) is 8.42 Å². The Hall–Kier alpha value is 0.350.